The number of benzene rings is 3. The van der Waals surface area contributed by atoms with Crippen LogP contribution in [0, 0.1) is 13.8 Å². The van der Waals surface area contributed by atoms with Crippen molar-refractivity contribution >= 4 is 28.2 Å². The fourth-order valence-electron chi connectivity index (χ4n) is 4.42. The second kappa shape index (κ2) is 17.0. The number of nitrogens with one attached hydrogen (secondary N) is 1. The van der Waals surface area contributed by atoms with Crippen LogP contribution in [0.2, 0.25) is 0 Å². The van der Waals surface area contributed by atoms with Crippen LogP contribution in [0.4, 0.5) is 5.69 Å². The molecule has 0 aliphatic rings. The lowest BCUT2D eigenvalue weighted by Crippen LogP contribution is -2.15. The number of phenolic OH excluding ortho intramolecular Hbond substituents is 1. The van der Waals surface area contributed by atoms with Crippen LogP contribution in [0.15, 0.2) is 67.2 Å². The molecular weight excluding hydrogens is 538 g/mol. The van der Waals surface area contributed by atoms with E-state index in [9.17, 15) is 9.90 Å². The predicted molar refractivity (Wildman–Crippen MR) is 181 cm³/mol. The lowest BCUT2D eigenvalue weighted by molar-refractivity contribution is 0.102. The zero-order chi connectivity index (χ0) is 32.1. The Labute approximate surface area is 257 Å². The molecule has 0 aliphatic heterocycles. The molecule has 1 heterocycles. The molecule has 3 aromatic carbocycles. The molecule has 4 aromatic rings. The Hall–Kier alpha value is -4.27. The van der Waals surface area contributed by atoms with E-state index in [4.69, 9.17) is 10.5 Å². The van der Waals surface area contributed by atoms with Gasteiger partial charge in [-0.05, 0) is 108 Å². The molecule has 0 atom stereocenters. The highest BCUT2D eigenvalue weighted by Gasteiger charge is 2.13. The van der Waals surface area contributed by atoms with Gasteiger partial charge in [0.15, 0.2) is 0 Å². The minimum Gasteiger partial charge on any atom is -0.507 e. The van der Waals surface area contributed by atoms with Crippen molar-refractivity contribution < 1.29 is 14.6 Å². The number of hydrogen-bond donors (Lipinski definition) is 4. The van der Waals surface area contributed by atoms with Gasteiger partial charge in [0, 0.05) is 51.7 Å². The topological polar surface area (TPSA) is 119 Å². The van der Waals surface area contributed by atoms with Gasteiger partial charge in [-0.25, -0.2) is 0 Å². The highest BCUT2D eigenvalue weighted by molar-refractivity contribution is 6.04. The fourth-order valence-corrected chi connectivity index (χ4v) is 4.42. The van der Waals surface area contributed by atoms with Crippen LogP contribution in [0.1, 0.15) is 60.3 Å². The van der Waals surface area contributed by atoms with Gasteiger partial charge in [0.1, 0.15) is 17.2 Å². The van der Waals surface area contributed by atoms with E-state index in [1.807, 2.05) is 6.07 Å². The normalized spacial score (nSPS) is 10.4. The number of hydrogen-bond acceptors (Lipinski definition) is 6. The number of aryl methyl sites for hydroxylation is 2. The van der Waals surface area contributed by atoms with Crippen LogP contribution in [-0.2, 0) is 6.54 Å². The molecule has 0 saturated heterocycles. The molecule has 0 unspecified atom stereocenters. The monoisotopic (exact) mass is 587 g/mol. The maximum absolute atomic E-state index is 12.7. The average Bonchev–Trinajstić information content (AvgIpc) is 3.22. The van der Waals surface area contributed by atoms with E-state index in [0.717, 1.165) is 25.3 Å². The molecule has 43 heavy (non-hydrogen) atoms. The van der Waals surface area contributed by atoms with Crippen molar-refractivity contribution in [2.24, 2.45) is 11.5 Å². The first kappa shape index (κ1) is 34.9. The van der Waals surface area contributed by atoms with Gasteiger partial charge in [0.2, 0.25) is 0 Å². The number of nitrogens with two attached hydrogens (primary N) is 2. The van der Waals surface area contributed by atoms with Crippen molar-refractivity contribution in [2.75, 3.05) is 33.0 Å². The summed E-state index contributed by atoms with van der Waals surface area (Å²) in [7, 11) is 5.69. The summed E-state index contributed by atoms with van der Waals surface area (Å²) in [6, 6.07) is 17.8. The zero-order valence-corrected chi connectivity index (χ0v) is 26.8. The van der Waals surface area contributed by atoms with Crippen LogP contribution in [0.3, 0.4) is 0 Å². The summed E-state index contributed by atoms with van der Waals surface area (Å²) in [5, 5.41) is 14.0. The Bertz CT molecular complexity index is 1490. The van der Waals surface area contributed by atoms with Crippen LogP contribution in [0.25, 0.3) is 16.6 Å². The molecule has 0 fully saturated rings. The molecule has 8 nitrogen and oxygen atoms in total. The van der Waals surface area contributed by atoms with E-state index in [0.29, 0.717) is 22.6 Å². The van der Waals surface area contributed by atoms with Crippen molar-refractivity contribution in [2.45, 2.75) is 53.5 Å². The van der Waals surface area contributed by atoms with Crippen LogP contribution >= 0.6 is 0 Å². The standard InChI is InChI=1S/C30H34N4O3.C4H10.CH5N/c1-19-21(3)34(16-6-15-33(4)5)28-14-12-25(18-27(19)28)37-24-10-7-22(8-11-24)30(36)32-23-9-13-26(20(2)31)29(35)17-23;1-3-4-2;1-2/h7-14,17-18,35H,2,6,15-16,31H2,1,3-5H3,(H,32,36);3-4H2,1-2H3;2H2,1H3. The number of unbranched alkanes of at least 4 members (excludes halogenated alkanes) is 1. The molecule has 1 aromatic heterocycles. The SMILES string of the molecule is C=C(N)c1ccc(NC(=O)c2ccc(Oc3ccc4c(c3)c(C)c(C)n4CCCN(C)C)cc2)cc1O.CCCC.CN. The van der Waals surface area contributed by atoms with Gasteiger partial charge >= 0.3 is 0 Å². The number of carbonyl (C=O) groups excluding carboxylic acids is 1. The summed E-state index contributed by atoms with van der Waals surface area (Å²) < 4.78 is 8.49. The Morgan fingerprint density at radius 1 is 0.977 bits per heavy atom. The Morgan fingerprint density at radius 3 is 2.16 bits per heavy atom. The van der Waals surface area contributed by atoms with Gasteiger partial charge in [0.05, 0.1) is 0 Å². The molecule has 6 N–H and O–H groups in total. The van der Waals surface area contributed by atoms with E-state index in [1.165, 1.54) is 48.1 Å². The molecule has 4 rings (SSSR count). The first-order chi connectivity index (χ1) is 20.5. The third-order valence-electron chi connectivity index (χ3n) is 7.05. The number of carbonyl (C=O) groups is 1. The summed E-state index contributed by atoms with van der Waals surface area (Å²) in [6.07, 6.45) is 3.73. The predicted octanol–water partition coefficient (Wildman–Crippen LogP) is 7.27. The Balaban J connectivity index is 0.000000993. The molecule has 232 valence electrons. The molecule has 0 saturated carbocycles. The minimum absolute atomic E-state index is 0.0413. The zero-order valence-electron chi connectivity index (χ0n) is 26.8. The number of anilines is 1. The summed E-state index contributed by atoms with van der Waals surface area (Å²) in [4.78, 5) is 14.9. The van der Waals surface area contributed by atoms with Crippen LogP contribution in [-0.4, -0.2) is 48.2 Å². The van der Waals surface area contributed by atoms with E-state index in [1.54, 1.807) is 36.4 Å². The van der Waals surface area contributed by atoms with Gasteiger partial charge in [-0.3, -0.25) is 4.79 Å². The van der Waals surface area contributed by atoms with Crippen molar-refractivity contribution in [3.8, 4) is 17.2 Å². The van der Waals surface area contributed by atoms with Gasteiger partial charge in [-0.1, -0.05) is 33.3 Å². The molecular formula is C35H49N5O3. The van der Waals surface area contributed by atoms with Gasteiger partial charge < -0.3 is 36.1 Å². The van der Waals surface area contributed by atoms with Crippen molar-refractivity contribution in [1.29, 1.82) is 0 Å². The highest BCUT2D eigenvalue weighted by atomic mass is 16.5. The molecule has 0 spiro atoms. The number of aromatic hydroxyl groups is 1. The van der Waals surface area contributed by atoms with Gasteiger partial charge in [-0.15, -0.1) is 0 Å². The first-order valence-electron chi connectivity index (χ1n) is 14.7. The van der Waals surface area contributed by atoms with E-state index in [-0.39, 0.29) is 17.4 Å². The van der Waals surface area contributed by atoms with Crippen molar-refractivity contribution in [3.63, 3.8) is 0 Å². The minimum atomic E-state index is -0.298. The number of nitrogens with zero attached hydrogens (tertiary/aromatic N) is 2. The molecule has 1 amide bonds. The third kappa shape index (κ3) is 9.63. The second-order valence-corrected chi connectivity index (χ2v) is 10.5. The van der Waals surface area contributed by atoms with Gasteiger partial charge in [-0.2, -0.15) is 0 Å². The lowest BCUT2D eigenvalue weighted by atomic mass is 10.1. The number of ether oxygens (including phenoxy) is 1. The number of phenols is 1. The van der Waals surface area contributed by atoms with E-state index in [2.05, 4.69) is 81.0 Å². The van der Waals surface area contributed by atoms with Crippen molar-refractivity contribution in [3.05, 3.63) is 89.6 Å². The molecule has 0 radical (unpaired) electrons. The maximum Gasteiger partial charge on any atom is 0.255 e. The quantitative estimate of drug-likeness (QED) is 0.155. The maximum atomic E-state index is 12.7. The van der Waals surface area contributed by atoms with Gasteiger partial charge in [0.25, 0.3) is 5.91 Å². The number of rotatable bonds is 10. The number of amides is 1. The molecule has 0 aliphatic carbocycles. The summed E-state index contributed by atoms with van der Waals surface area (Å²) in [5.74, 6) is 1.04. The smallest absolute Gasteiger partial charge is 0.255 e. The van der Waals surface area contributed by atoms with Crippen LogP contribution in [0.5, 0.6) is 17.2 Å². The van der Waals surface area contributed by atoms with Crippen molar-refractivity contribution in [1.82, 2.24) is 9.47 Å². The molecule has 0 bridgehead atoms. The molecule has 8 heteroatoms. The summed E-state index contributed by atoms with van der Waals surface area (Å²) >= 11 is 0. The average molecular weight is 588 g/mol. The number of fused-ring (bicyclic) bond motifs is 1. The lowest BCUT2D eigenvalue weighted by Gasteiger charge is -2.12. The largest absolute Gasteiger partial charge is 0.507 e. The third-order valence-corrected chi connectivity index (χ3v) is 7.05. The summed E-state index contributed by atoms with van der Waals surface area (Å²) in [6.45, 7) is 14.3. The first-order valence-corrected chi connectivity index (χ1v) is 14.7. The Morgan fingerprint density at radius 2 is 1.60 bits per heavy atom. The summed E-state index contributed by atoms with van der Waals surface area (Å²) in [5.41, 5.74) is 15.5. The fraction of sp³-hybridized carbons (Fsp3) is 0.343. The van der Waals surface area contributed by atoms with E-state index >= 15 is 0 Å². The second-order valence-electron chi connectivity index (χ2n) is 10.5. The number of aromatic nitrogens is 1. The highest BCUT2D eigenvalue weighted by Crippen LogP contribution is 2.31. The van der Waals surface area contributed by atoms with Crippen LogP contribution < -0.4 is 21.5 Å². The van der Waals surface area contributed by atoms with E-state index < -0.39 is 0 Å². The Kier molecular flexibility index (Phi) is 13.8.